The molecule has 0 N–H and O–H groups in total. The number of carbonyl (C=O) groups is 2. The van der Waals surface area contributed by atoms with Gasteiger partial charge in [-0.05, 0) is 25.7 Å². The predicted molar refractivity (Wildman–Crippen MR) is 47.1 cm³/mol. The lowest BCUT2D eigenvalue weighted by Gasteiger charge is -2.52. The molecule has 0 amide bonds. The van der Waals surface area contributed by atoms with Crippen LogP contribution in [0.4, 0.5) is 0 Å². The van der Waals surface area contributed by atoms with Crippen LogP contribution in [-0.4, -0.2) is 11.6 Å². The summed E-state index contributed by atoms with van der Waals surface area (Å²) in [6, 6.07) is 0. The largest absolute Gasteiger partial charge is 0.299 e. The lowest BCUT2D eigenvalue weighted by Crippen LogP contribution is -2.60. The first-order valence-corrected chi connectivity index (χ1v) is 5.34. The average molecular weight is 178 g/mol. The Balaban J connectivity index is 2.03. The van der Waals surface area contributed by atoms with Crippen molar-refractivity contribution in [3.8, 4) is 0 Å². The summed E-state index contributed by atoms with van der Waals surface area (Å²) in [5.41, 5.74) is -0.130. The molecule has 3 rings (SSSR count). The van der Waals surface area contributed by atoms with Gasteiger partial charge in [0.15, 0.2) is 0 Å². The van der Waals surface area contributed by atoms with E-state index in [1.54, 1.807) is 0 Å². The van der Waals surface area contributed by atoms with Gasteiger partial charge in [-0.15, -0.1) is 0 Å². The van der Waals surface area contributed by atoms with Gasteiger partial charge in [0.05, 0.1) is 0 Å². The monoisotopic (exact) mass is 178 g/mol. The highest BCUT2D eigenvalue weighted by Gasteiger charge is 2.67. The van der Waals surface area contributed by atoms with Gasteiger partial charge in [-0.2, -0.15) is 0 Å². The highest BCUT2D eigenvalue weighted by Crippen LogP contribution is 2.63. The zero-order chi connectivity index (χ0) is 9.05. The van der Waals surface area contributed by atoms with E-state index in [0.717, 1.165) is 38.5 Å². The molecule has 3 unspecified atom stereocenters. The van der Waals surface area contributed by atoms with Gasteiger partial charge in [-0.25, -0.2) is 0 Å². The van der Waals surface area contributed by atoms with Crippen molar-refractivity contribution >= 4 is 11.6 Å². The molecule has 13 heavy (non-hydrogen) atoms. The first-order chi connectivity index (χ1) is 6.27. The topological polar surface area (TPSA) is 34.1 Å². The molecule has 3 aliphatic carbocycles. The van der Waals surface area contributed by atoms with Crippen LogP contribution in [0.15, 0.2) is 0 Å². The Labute approximate surface area is 77.7 Å². The summed E-state index contributed by atoms with van der Waals surface area (Å²) in [5, 5.41) is 0. The Morgan fingerprint density at radius 1 is 1.08 bits per heavy atom. The van der Waals surface area contributed by atoms with E-state index < -0.39 is 0 Å². The van der Waals surface area contributed by atoms with Gasteiger partial charge < -0.3 is 0 Å². The molecule has 0 bridgehead atoms. The van der Waals surface area contributed by atoms with Gasteiger partial charge in [0, 0.05) is 23.7 Å². The van der Waals surface area contributed by atoms with Crippen molar-refractivity contribution < 1.29 is 9.59 Å². The fourth-order valence-corrected chi connectivity index (χ4v) is 3.87. The van der Waals surface area contributed by atoms with E-state index >= 15 is 0 Å². The number of hydrogen-bond acceptors (Lipinski definition) is 2. The first-order valence-electron chi connectivity index (χ1n) is 5.34. The molecule has 3 atom stereocenters. The fraction of sp³-hybridized carbons (Fsp3) is 0.818. The van der Waals surface area contributed by atoms with Crippen LogP contribution in [0.1, 0.15) is 38.5 Å². The number of hydrogen-bond donors (Lipinski definition) is 0. The molecule has 2 nitrogen and oxygen atoms in total. The van der Waals surface area contributed by atoms with E-state index in [4.69, 9.17) is 0 Å². The molecule has 0 radical (unpaired) electrons. The van der Waals surface area contributed by atoms with Gasteiger partial charge in [0.2, 0.25) is 0 Å². The lowest BCUT2D eigenvalue weighted by atomic mass is 9.48. The molecule has 1 spiro atoms. The van der Waals surface area contributed by atoms with Gasteiger partial charge in [0.25, 0.3) is 0 Å². The summed E-state index contributed by atoms with van der Waals surface area (Å²) in [7, 11) is 0. The zero-order valence-electron chi connectivity index (χ0n) is 7.71. The summed E-state index contributed by atoms with van der Waals surface area (Å²) < 4.78 is 0. The summed E-state index contributed by atoms with van der Waals surface area (Å²) in [6.07, 6.45) is 5.76. The number of Topliss-reactive ketones (excluding diaryl/α,β-unsaturated/α-hetero) is 2. The van der Waals surface area contributed by atoms with E-state index in [-0.39, 0.29) is 17.3 Å². The van der Waals surface area contributed by atoms with Crippen LogP contribution in [0, 0.1) is 17.3 Å². The quantitative estimate of drug-likeness (QED) is 0.566. The third-order valence-electron chi connectivity index (χ3n) is 4.43. The molecule has 3 aliphatic rings. The van der Waals surface area contributed by atoms with E-state index in [0.29, 0.717) is 11.6 Å². The minimum atomic E-state index is -0.130. The Morgan fingerprint density at radius 2 is 1.77 bits per heavy atom. The first kappa shape index (κ1) is 7.72. The summed E-state index contributed by atoms with van der Waals surface area (Å²) in [5.74, 6) is 1.10. The third kappa shape index (κ3) is 0.673. The molecule has 3 fully saturated rings. The second kappa shape index (κ2) is 2.23. The van der Waals surface area contributed by atoms with Crippen LogP contribution < -0.4 is 0 Å². The maximum atomic E-state index is 11.9. The Morgan fingerprint density at radius 3 is 2.54 bits per heavy atom. The smallest absolute Gasteiger partial charge is 0.141 e. The standard InChI is InChI=1S/C11H14O2/c12-9-5-1-3-7-10(13)8-4-2-6-11(7,8)9/h7-8H,1-6H2. The van der Waals surface area contributed by atoms with Crippen molar-refractivity contribution in [1.82, 2.24) is 0 Å². The molecule has 0 aromatic carbocycles. The number of carbonyl (C=O) groups excluding carboxylic acids is 2. The molecule has 0 aromatic rings. The van der Waals surface area contributed by atoms with Crippen LogP contribution in [0.5, 0.6) is 0 Å². The van der Waals surface area contributed by atoms with Gasteiger partial charge in [-0.1, -0.05) is 6.42 Å². The third-order valence-corrected chi connectivity index (χ3v) is 4.43. The van der Waals surface area contributed by atoms with Crippen molar-refractivity contribution in [3.63, 3.8) is 0 Å². The van der Waals surface area contributed by atoms with E-state index in [1.165, 1.54) is 0 Å². The molecular formula is C11H14O2. The normalized spacial score (nSPS) is 48.3. The molecule has 0 saturated heterocycles. The van der Waals surface area contributed by atoms with Gasteiger partial charge >= 0.3 is 0 Å². The van der Waals surface area contributed by atoms with Crippen molar-refractivity contribution in [1.29, 1.82) is 0 Å². The second-order valence-corrected chi connectivity index (χ2v) is 4.76. The minimum absolute atomic E-state index is 0.130. The molecule has 70 valence electrons. The van der Waals surface area contributed by atoms with Crippen molar-refractivity contribution in [2.24, 2.45) is 17.3 Å². The van der Waals surface area contributed by atoms with Crippen LogP contribution in [0.3, 0.4) is 0 Å². The van der Waals surface area contributed by atoms with Crippen LogP contribution >= 0.6 is 0 Å². The summed E-state index contributed by atoms with van der Waals surface area (Å²) in [6.45, 7) is 0. The maximum absolute atomic E-state index is 11.9. The van der Waals surface area contributed by atoms with E-state index in [2.05, 4.69) is 0 Å². The Hall–Kier alpha value is -0.660. The Bertz CT molecular complexity index is 294. The maximum Gasteiger partial charge on any atom is 0.141 e. The molecule has 0 aromatic heterocycles. The number of ketones is 2. The van der Waals surface area contributed by atoms with Crippen LogP contribution in [0.2, 0.25) is 0 Å². The minimum Gasteiger partial charge on any atom is -0.299 e. The van der Waals surface area contributed by atoms with Crippen molar-refractivity contribution in [3.05, 3.63) is 0 Å². The average Bonchev–Trinajstić information content (AvgIpc) is 2.50. The highest BCUT2D eigenvalue weighted by atomic mass is 16.1. The van der Waals surface area contributed by atoms with Gasteiger partial charge in [-0.3, -0.25) is 9.59 Å². The zero-order valence-corrected chi connectivity index (χ0v) is 7.71. The summed E-state index contributed by atoms with van der Waals surface area (Å²) >= 11 is 0. The van der Waals surface area contributed by atoms with Crippen LogP contribution in [0.25, 0.3) is 0 Å². The fourth-order valence-electron chi connectivity index (χ4n) is 3.87. The lowest BCUT2D eigenvalue weighted by molar-refractivity contribution is -0.167. The van der Waals surface area contributed by atoms with E-state index in [9.17, 15) is 9.59 Å². The van der Waals surface area contributed by atoms with E-state index in [1.807, 2.05) is 0 Å². The van der Waals surface area contributed by atoms with Crippen molar-refractivity contribution in [2.45, 2.75) is 38.5 Å². The molecule has 0 aliphatic heterocycles. The number of rotatable bonds is 0. The Kier molecular flexibility index (Phi) is 1.32. The molecular weight excluding hydrogens is 164 g/mol. The predicted octanol–water partition coefficient (Wildman–Crippen LogP) is 1.72. The molecule has 3 saturated carbocycles. The highest BCUT2D eigenvalue weighted by molar-refractivity contribution is 6.05. The van der Waals surface area contributed by atoms with Crippen molar-refractivity contribution in [2.75, 3.05) is 0 Å². The molecule has 2 heteroatoms. The SMILES string of the molecule is O=C1C2CCCC(=O)C23CCCC13. The summed E-state index contributed by atoms with van der Waals surface area (Å²) in [4.78, 5) is 23.5. The second-order valence-electron chi connectivity index (χ2n) is 4.76. The van der Waals surface area contributed by atoms with Gasteiger partial charge in [0.1, 0.15) is 11.6 Å². The van der Waals surface area contributed by atoms with Crippen LogP contribution in [-0.2, 0) is 9.59 Å². The molecule has 0 heterocycles.